The SMILES string of the molecule is Cc1cc(N)c(NC(=O)C2CC2)cc1C. The number of hydrogen-bond acceptors (Lipinski definition) is 2. The van der Waals surface area contributed by atoms with Crippen molar-refractivity contribution in [1.29, 1.82) is 0 Å². The molecule has 0 bridgehead atoms. The molecule has 3 nitrogen and oxygen atoms in total. The van der Waals surface area contributed by atoms with Crippen LogP contribution in [0.15, 0.2) is 12.1 Å². The molecule has 1 aromatic rings. The lowest BCUT2D eigenvalue weighted by Crippen LogP contribution is -2.14. The molecule has 1 aliphatic rings. The van der Waals surface area contributed by atoms with Crippen LogP contribution in [0.3, 0.4) is 0 Å². The molecule has 1 aliphatic carbocycles. The van der Waals surface area contributed by atoms with Gasteiger partial charge in [-0.25, -0.2) is 0 Å². The standard InChI is InChI=1S/C12H16N2O/c1-7-5-10(13)11(6-8(7)2)14-12(15)9-3-4-9/h5-6,9H,3-4,13H2,1-2H3,(H,14,15). The average Bonchev–Trinajstić information content (AvgIpc) is 2.97. The number of nitrogens with two attached hydrogens (primary N) is 1. The first-order valence-electron chi connectivity index (χ1n) is 5.25. The van der Waals surface area contributed by atoms with Gasteiger partial charge in [-0.3, -0.25) is 4.79 Å². The van der Waals surface area contributed by atoms with Gasteiger partial charge < -0.3 is 11.1 Å². The summed E-state index contributed by atoms with van der Waals surface area (Å²) >= 11 is 0. The highest BCUT2D eigenvalue weighted by Gasteiger charge is 2.29. The molecule has 80 valence electrons. The number of rotatable bonds is 2. The van der Waals surface area contributed by atoms with Gasteiger partial charge in [0.05, 0.1) is 11.4 Å². The van der Waals surface area contributed by atoms with Crippen molar-refractivity contribution < 1.29 is 4.79 Å². The van der Waals surface area contributed by atoms with Gasteiger partial charge in [0.2, 0.25) is 5.91 Å². The number of benzene rings is 1. The van der Waals surface area contributed by atoms with Crippen molar-refractivity contribution in [3.63, 3.8) is 0 Å². The van der Waals surface area contributed by atoms with Gasteiger partial charge in [-0.2, -0.15) is 0 Å². The van der Waals surface area contributed by atoms with Crippen LogP contribution in [0.4, 0.5) is 11.4 Å². The highest BCUT2D eigenvalue weighted by molar-refractivity contribution is 5.96. The maximum Gasteiger partial charge on any atom is 0.227 e. The predicted octanol–water partition coefficient (Wildman–Crippen LogP) is 2.23. The maximum atomic E-state index is 11.6. The molecule has 0 spiro atoms. The summed E-state index contributed by atoms with van der Waals surface area (Å²) in [6.45, 7) is 4.03. The minimum Gasteiger partial charge on any atom is -0.397 e. The van der Waals surface area contributed by atoms with Gasteiger partial charge in [0.25, 0.3) is 0 Å². The van der Waals surface area contributed by atoms with E-state index in [1.54, 1.807) is 0 Å². The van der Waals surface area contributed by atoms with Crippen LogP contribution in [0.2, 0.25) is 0 Å². The van der Waals surface area contributed by atoms with E-state index in [1.807, 2.05) is 26.0 Å². The van der Waals surface area contributed by atoms with E-state index in [-0.39, 0.29) is 11.8 Å². The molecule has 0 aliphatic heterocycles. The van der Waals surface area contributed by atoms with Crippen molar-refractivity contribution >= 4 is 17.3 Å². The quantitative estimate of drug-likeness (QED) is 0.726. The maximum absolute atomic E-state index is 11.6. The molecule has 1 fully saturated rings. The Labute approximate surface area is 89.7 Å². The number of nitrogens with one attached hydrogen (secondary N) is 1. The largest absolute Gasteiger partial charge is 0.397 e. The Morgan fingerprint density at radius 3 is 2.53 bits per heavy atom. The van der Waals surface area contributed by atoms with Gasteiger partial charge in [0.15, 0.2) is 0 Å². The highest BCUT2D eigenvalue weighted by Crippen LogP contribution is 2.31. The van der Waals surface area contributed by atoms with E-state index in [0.29, 0.717) is 5.69 Å². The second-order valence-electron chi connectivity index (χ2n) is 4.29. The van der Waals surface area contributed by atoms with Crippen molar-refractivity contribution in [2.24, 2.45) is 5.92 Å². The Morgan fingerprint density at radius 2 is 1.93 bits per heavy atom. The number of aryl methyl sites for hydroxylation is 2. The zero-order chi connectivity index (χ0) is 11.0. The molecule has 0 atom stereocenters. The molecule has 15 heavy (non-hydrogen) atoms. The Kier molecular flexibility index (Phi) is 2.39. The van der Waals surface area contributed by atoms with Gasteiger partial charge in [-0.05, 0) is 49.9 Å². The van der Waals surface area contributed by atoms with Crippen LogP contribution in [0.5, 0.6) is 0 Å². The van der Waals surface area contributed by atoms with E-state index in [9.17, 15) is 4.79 Å². The van der Waals surface area contributed by atoms with Crippen LogP contribution in [-0.2, 0) is 4.79 Å². The van der Waals surface area contributed by atoms with Crippen molar-refractivity contribution in [1.82, 2.24) is 0 Å². The smallest absolute Gasteiger partial charge is 0.227 e. The number of carbonyl (C=O) groups is 1. The summed E-state index contributed by atoms with van der Waals surface area (Å²) in [5, 5.41) is 2.88. The van der Waals surface area contributed by atoms with Crippen LogP contribution in [-0.4, -0.2) is 5.91 Å². The van der Waals surface area contributed by atoms with E-state index >= 15 is 0 Å². The van der Waals surface area contributed by atoms with Gasteiger partial charge in [-0.15, -0.1) is 0 Å². The highest BCUT2D eigenvalue weighted by atomic mass is 16.2. The first-order chi connectivity index (χ1) is 7.08. The minimum absolute atomic E-state index is 0.102. The zero-order valence-corrected chi connectivity index (χ0v) is 9.13. The van der Waals surface area contributed by atoms with E-state index in [4.69, 9.17) is 5.73 Å². The first-order valence-corrected chi connectivity index (χ1v) is 5.25. The van der Waals surface area contributed by atoms with Crippen molar-refractivity contribution in [2.75, 3.05) is 11.1 Å². The average molecular weight is 204 g/mol. The van der Waals surface area contributed by atoms with E-state index < -0.39 is 0 Å². The minimum atomic E-state index is 0.102. The predicted molar refractivity (Wildman–Crippen MR) is 61.7 cm³/mol. The lowest BCUT2D eigenvalue weighted by atomic mass is 10.1. The molecule has 3 N–H and O–H groups in total. The molecule has 0 unspecified atom stereocenters. The normalized spacial score (nSPS) is 15.1. The van der Waals surface area contributed by atoms with E-state index in [0.717, 1.165) is 29.7 Å². The Bertz CT molecular complexity index is 408. The fraction of sp³-hybridized carbons (Fsp3) is 0.417. The lowest BCUT2D eigenvalue weighted by molar-refractivity contribution is -0.117. The van der Waals surface area contributed by atoms with Crippen LogP contribution < -0.4 is 11.1 Å². The number of anilines is 2. The van der Waals surface area contributed by atoms with Crippen LogP contribution >= 0.6 is 0 Å². The third-order valence-corrected chi connectivity index (χ3v) is 2.87. The van der Waals surface area contributed by atoms with Crippen molar-refractivity contribution in [3.05, 3.63) is 23.3 Å². The first kappa shape index (κ1) is 10.0. The second kappa shape index (κ2) is 3.57. The van der Waals surface area contributed by atoms with Crippen LogP contribution in [0.25, 0.3) is 0 Å². The number of amides is 1. The number of nitrogen functional groups attached to an aromatic ring is 1. The third kappa shape index (κ3) is 2.12. The summed E-state index contributed by atoms with van der Waals surface area (Å²) in [5.74, 6) is 0.316. The number of carbonyl (C=O) groups excluding carboxylic acids is 1. The molecular formula is C12H16N2O. The second-order valence-corrected chi connectivity index (χ2v) is 4.29. The Morgan fingerprint density at radius 1 is 1.33 bits per heavy atom. The van der Waals surface area contributed by atoms with E-state index in [1.165, 1.54) is 0 Å². The molecule has 0 aromatic heterocycles. The Hall–Kier alpha value is -1.51. The van der Waals surface area contributed by atoms with Crippen molar-refractivity contribution in [2.45, 2.75) is 26.7 Å². The van der Waals surface area contributed by atoms with Gasteiger partial charge in [0, 0.05) is 5.92 Å². The van der Waals surface area contributed by atoms with Gasteiger partial charge in [-0.1, -0.05) is 0 Å². The molecule has 3 heteroatoms. The summed E-state index contributed by atoms with van der Waals surface area (Å²) in [5.41, 5.74) is 9.53. The molecule has 0 radical (unpaired) electrons. The van der Waals surface area contributed by atoms with Gasteiger partial charge >= 0.3 is 0 Å². The fourth-order valence-corrected chi connectivity index (χ4v) is 1.53. The molecular weight excluding hydrogens is 188 g/mol. The summed E-state index contributed by atoms with van der Waals surface area (Å²) in [6, 6.07) is 3.84. The summed E-state index contributed by atoms with van der Waals surface area (Å²) in [7, 11) is 0. The van der Waals surface area contributed by atoms with Gasteiger partial charge in [0.1, 0.15) is 0 Å². The van der Waals surface area contributed by atoms with Crippen LogP contribution in [0, 0.1) is 19.8 Å². The molecule has 1 amide bonds. The molecule has 1 saturated carbocycles. The number of hydrogen-bond donors (Lipinski definition) is 2. The van der Waals surface area contributed by atoms with Crippen molar-refractivity contribution in [3.8, 4) is 0 Å². The third-order valence-electron chi connectivity index (χ3n) is 2.87. The fourth-order valence-electron chi connectivity index (χ4n) is 1.53. The summed E-state index contributed by atoms with van der Waals surface area (Å²) in [6.07, 6.45) is 2.02. The monoisotopic (exact) mass is 204 g/mol. The summed E-state index contributed by atoms with van der Waals surface area (Å²) in [4.78, 5) is 11.6. The molecule has 2 rings (SSSR count). The van der Waals surface area contributed by atoms with E-state index in [2.05, 4.69) is 5.32 Å². The summed E-state index contributed by atoms with van der Waals surface area (Å²) < 4.78 is 0. The topological polar surface area (TPSA) is 55.1 Å². The lowest BCUT2D eigenvalue weighted by Gasteiger charge is -2.10. The zero-order valence-electron chi connectivity index (χ0n) is 9.13. The molecule has 0 heterocycles. The molecule has 1 aromatic carbocycles. The molecule has 0 saturated heterocycles. The Balaban J connectivity index is 2.20. The van der Waals surface area contributed by atoms with Crippen LogP contribution in [0.1, 0.15) is 24.0 Å².